The molecule has 2 aromatic heterocycles. The monoisotopic (exact) mass is 419 g/mol. The average Bonchev–Trinajstić information content (AvgIpc) is 3.08. The van der Waals surface area contributed by atoms with Gasteiger partial charge in [-0.05, 0) is 38.3 Å². The van der Waals surface area contributed by atoms with Crippen molar-refractivity contribution in [1.29, 1.82) is 0 Å². The Labute approximate surface area is 173 Å². The standard InChI is InChI=1S/C19H22ClN5O2S/c1-11-15(12(2)25-18(21-11)22-19(23-25)28-5)9-17(26)24(3)10-13-8-14(20)6-7-16(13)27-4/h6-8H,9-10H2,1-5H3. The molecular formula is C19H22ClN5O2S. The highest BCUT2D eigenvalue weighted by atomic mass is 35.5. The van der Waals surface area contributed by atoms with Crippen LogP contribution in [-0.2, 0) is 17.8 Å². The van der Waals surface area contributed by atoms with E-state index in [-0.39, 0.29) is 12.3 Å². The van der Waals surface area contributed by atoms with Crippen molar-refractivity contribution in [3.05, 3.63) is 45.7 Å². The number of aryl methyl sites for hydroxylation is 2. The second-order valence-electron chi connectivity index (χ2n) is 6.45. The highest BCUT2D eigenvalue weighted by Crippen LogP contribution is 2.24. The number of benzene rings is 1. The summed E-state index contributed by atoms with van der Waals surface area (Å²) in [5, 5.41) is 5.70. The van der Waals surface area contributed by atoms with E-state index in [4.69, 9.17) is 16.3 Å². The van der Waals surface area contributed by atoms with Gasteiger partial charge < -0.3 is 9.64 Å². The lowest BCUT2D eigenvalue weighted by Crippen LogP contribution is -2.28. The molecule has 7 nitrogen and oxygen atoms in total. The van der Waals surface area contributed by atoms with Crippen molar-refractivity contribution < 1.29 is 9.53 Å². The number of fused-ring (bicyclic) bond motifs is 1. The maximum absolute atomic E-state index is 12.9. The third kappa shape index (κ3) is 4.07. The Morgan fingerprint density at radius 2 is 2.07 bits per heavy atom. The Bertz CT molecular complexity index is 1040. The van der Waals surface area contributed by atoms with E-state index in [1.165, 1.54) is 11.8 Å². The third-order valence-corrected chi connectivity index (χ3v) is 5.39. The van der Waals surface area contributed by atoms with Gasteiger partial charge >= 0.3 is 0 Å². The summed E-state index contributed by atoms with van der Waals surface area (Å²) in [5.74, 6) is 1.22. The van der Waals surface area contributed by atoms with E-state index < -0.39 is 0 Å². The number of thioether (sulfide) groups is 1. The summed E-state index contributed by atoms with van der Waals surface area (Å²) in [6, 6.07) is 5.38. The molecule has 0 N–H and O–H groups in total. The second-order valence-corrected chi connectivity index (χ2v) is 7.66. The summed E-state index contributed by atoms with van der Waals surface area (Å²) in [6.07, 6.45) is 2.15. The molecule has 0 saturated carbocycles. The van der Waals surface area contributed by atoms with Crippen LogP contribution in [0.5, 0.6) is 5.75 Å². The molecule has 0 aliphatic carbocycles. The number of nitrogens with zero attached hydrogens (tertiary/aromatic N) is 5. The van der Waals surface area contributed by atoms with Gasteiger partial charge in [-0.3, -0.25) is 4.79 Å². The minimum absolute atomic E-state index is 0.0282. The molecule has 0 atom stereocenters. The summed E-state index contributed by atoms with van der Waals surface area (Å²) in [6.45, 7) is 4.22. The van der Waals surface area contributed by atoms with Crippen molar-refractivity contribution in [2.45, 2.75) is 32.0 Å². The molecule has 0 aliphatic rings. The van der Waals surface area contributed by atoms with Crippen molar-refractivity contribution >= 4 is 35.0 Å². The van der Waals surface area contributed by atoms with Gasteiger partial charge in [0.25, 0.3) is 5.78 Å². The van der Waals surface area contributed by atoms with E-state index >= 15 is 0 Å². The summed E-state index contributed by atoms with van der Waals surface area (Å²) >= 11 is 7.55. The van der Waals surface area contributed by atoms with Crippen LogP contribution in [-0.4, -0.2) is 50.8 Å². The van der Waals surface area contributed by atoms with Crippen LogP contribution < -0.4 is 4.74 Å². The van der Waals surface area contributed by atoms with Gasteiger partial charge in [0.1, 0.15) is 5.75 Å². The smallest absolute Gasteiger partial charge is 0.253 e. The Balaban J connectivity index is 1.83. The van der Waals surface area contributed by atoms with Crippen LogP contribution in [0, 0.1) is 13.8 Å². The van der Waals surface area contributed by atoms with Crippen LogP contribution in [0.15, 0.2) is 23.4 Å². The van der Waals surface area contributed by atoms with Crippen LogP contribution in [0.1, 0.15) is 22.5 Å². The van der Waals surface area contributed by atoms with Crippen LogP contribution in [0.2, 0.25) is 5.02 Å². The minimum Gasteiger partial charge on any atom is -0.496 e. The first kappa shape index (κ1) is 20.4. The molecule has 9 heteroatoms. The summed E-state index contributed by atoms with van der Waals surface area (Å²) in [4.78, 5) is 23.4. The third-order valence-electron chi connectivity index (χ3n) is 4.62. The number of ether oxygens (including phenoxy) is 1. The van der Waals surface area contributed by atoms with Crippen molar-refractivity contribution in [2.24, 2.45) is 0 Å². The number of carbonyl (C=O) groups is 1. The number of methoxy groups -OCH3 is 1. The van der Waals surface area contributed by atoms with Crippen LogP contribution in [0.4, 0.5) is 0 Å². The molecule has 1 amide bonds. The highest BCUT2D eigenvalue weighted by Gasteiger charge is 2.19. The topological polar surface area (TPSA) is 72.6 Å². The molecule has 0 spiro atoms. The number of rotatable bonds is 6. The second kappa shape index (κ2) is 8.36. The maximum atomic E-state index is 12.9. The van der Waals surface area contributed by atoms with Gasteiger partial charge in [-0.2, -0.15) is 4.98 Å². The van der Waals surface area contributed by atoms with Gasteiger partial charge in [0, 0.05) is 41.1 Å². The molecule has 0 aliphatic heterocycles. The zero-order valence-electron chi connectivity index (χ0n) is 16.5. The Morgan fingerprint density at radius 3 is 2.75 bits per heavy atom. The average molecular weight is 420 g/mol. The first-order valence-electron chi connectivity index (χ1n) is 8.67. The van der Waals surface area contributed by atoms with Crippen molar-refractivity contribution in [3.63, 3.8) is 0 Å². The quantitative estimate of drug-likeness (QED) is 0.570. The number of halogens is 1. The molecule has 1 aromatic carbocycles. The zero-order chi connectivity index (χ0) is 20.4. The van der Waals surface area contributed by atoms with Crippen LogP contribution in [0.3, 0.4) is 0 Å². The van der Waals surface area contributed by atoms with Crippen LogP contribution in [0.25, 0.3) is 5.78 Å². The SMILES string of the molecule is COc1ccc(Cl)cc1CN(C)C(=O)Cc1c(C)nc2nc(SC)nn2c1C. The molecule has 28 heavy (non-hydrogen) atoms. The van der Waals surface area contributed by atoms with Gasteiger partial charge in [0.15, 0.2) is 0 Å². The molecule has 2 heterocycles. The largest absolute Gasteiger partial charge is 0.496 e. The van der Waals surface area contributed by atoms with Gasteiger partial charge in [-0.25, -0.2) is 9.50 Å². The molecule has 0 bridgehead atoms. The van der Waals surface area contributed by atoms with Crippen molar-refractivity contribution in [2.75, 3.05) is 20.4 Å². The van der Waals surface area contributed by atoms with E-state index in [2.05, 4.69) is 15.1 Å². The summed E-state index contributed by atoms with van der Waals surface area (Å²) < 4.78 is 7.07. The van der Waals surface area contributed by atoms with Gasteiger partial charge in [0.05, 0.1) is 13.5 Å². The normalized spacial score (nSPS) is 11.1. The molecule has 0 radical (unpaired) electrons. The molecule has 148 valence electrons. The van der Waals surface area contributed by atoms with Gasteiger partial charge in [0.2, 0.25) is 11.1 Å². The maximum Gasteiger partial charge on any atom is 0.253 e. The lowest BCUT2D eigenvalue weighted by atomic mass is 10.1. The van der Waals surface area contributed by atoms with E-state index in [1.807, 2.05) is 26.2 Å². The van der Waals surface area contributed by atoms with E-state index in [9.17, 15) is 4.79 Å². The summed E-state index contributed by atoms with van der Waals surface area (Å²) in [7, 11) is 3.36. The van der Waals surface area contributed by atoms with Gasteiger partial charge in [-0.1, -0.05) is 23.4 Å². The predicted octanol–water partition coefficient (Wildman–Crippen LogP) is 3.33. The lowest BCUT2D eigenvalue weighted by molar-refractivity contribution is -0.129. The fraction of sp³-hybridized carbons (Fsp3) is 0.368. The van der Waals surface area contributed by atoms with E-state index in [0.717, 1.165) is 22.5 Å². The number of hydrogen-bond acceptors (Lipinski definition) is 6. The number of amides is 1. The first-order chi connectivity index (χ1) is 13.3. The lowest BCUT2D eigenvalue weighted by Gasteiger charge is -2.20. The Hall–Kier alpha value is -2.32. The van der Waals surface area contributed by atoms with E-state index in [0.29, 0.717) is 28.3 Å². The summed E-state index contributed by atoms with van der Waals surface area (Å²) in [5.41, 5.74) is 3.37. The molecule has 0 fully saturated rings. The predicted molar refractivity (Wildman–Crippen MR) is 110 cm³/mol. The molecular weight excluding hydrogens is 398 g/mol. The minimum atomic E-state index is -0.0282. The number of hydrogen-bond donors (Lipinski definition) is 0. The fourth-order valence-corrected chi connectivity index (χ4v) is 3.56. The van der Waals surface area contributed by atoms with Crippen LogP contribution >= 0.6 is 23.4 Å². The van der Waals surface area contributed by atoms with Crippen molar-refractivity contribution in [3.8, 4) is 5.75 Å². The number of likely N-dealkylation sites (N-methyl/N-ethyl adjacent to an activating group) is 1. The molecule has 0 unspecified atom stereocenters. The van der Waals surface area contributed by atoms with E-state index in [1.54, 1.807) is 35.7 Å². The highest BCUT2D eigenvalue weighted by molar-refractivity contribution is 7.98. The Kier molecular flexibility index (Phi) is 6.10. The number of aromatic nitrogens is 4. The fourth-order valence-electron chi connectivity index (χ4n) is 3.03. The molecule has 3 aromatic rings. The zero-order valence-corrected chi connectivity index (χ0v) is 18.1. The first-order valence-corrected chi connectivity index (χ1v) is 10.3. The van der Waals surface area contributed by atoms with Gasteiger partial charge in [-0.15, -0.1) is 5.10 Å². The molecule has 0 saturated heterocycles. The molecule has 3 rings (SSSR count). The Morgan fingerprint density at radius 1 is 1.32 bits per heavy atom. The van der Waals surface area contributed by atoms with Crippen molar-refractivity contribution in [1.82, 2.24) is 24.5 Å². The number of carbonyl (C=O) groups excluding carboxylic acids is 1.